The maximum absolute atomic E-state index is 12.0. The molecule has 1 amide bonds. The Balaban J connectivity index is 2.05. The van der Waals surface area contributed by atoms with E-state index in [1.807, 2.05) is 0 Å². The SMILES string of the molecule is Cc1cc(=O)c(O)c(CNC(=O)Cc2ccc(Cl)cc2)n1C. The molecule has 0 bridgehead atoms. The third-order valence-electron chi connectivity index (χ3n) is 3.51. The summed E-state index contributed by atoms with van der Waals surface area (Å²) >= 11 is 5.79. The summed E-state index contributed by atoms with van der Waals surface area (Å²) in [4.78, 5) is 23.5. The van der Waals surface area contributed by atoms with Crippen molar-refractivity contribution >= 4 is 17.5 Å². The van der Waals surface area contributed by atoms with E-state index in [0.717, 1.165) is 5.56 Å². The Morgan fingerprint density at radius 3 is 2.59 bits per heavy atom. The third kappa shape index (κ3) is 3.68. The minimum absolute atomic E-state index is 0.0890. The quantitative estimate of drug-likeness (QED) is 0.904. The molecular formula is C16H17ClN2O3. The van der Waals surface area contributed by atoms with E-state index in [4.69, 9.17) is 11.6 Å². The standard InChI is InChI=1S/C16H17ClN2O3/c1-10-7-14(20)16(22)13(19(10)2)9-18-15(21)8-11-3-5-12(17)6-4-11/h3-7,22H,8-9H2,1-2H3,(H,18,21). The lowest BCUT2D eigenvalue weighted by Gasteiger charge is -2.14. The molecular weight excluding hydrogens is 304 g/mol. The van der Waals surface area contributed by atoms with Gasteiger partial charge in [0.05, 0.1) is 18.7 Å². The van der Waals surface area contributed by atoms with Crippen molar-refractivity contribution in [3.8, 4) is 5.75 Å². The number of aryl methyl sites for hydroxylation is 1. The van der Waals surface area contributed by atoms with Crippen molar-refractivity contribution in [3.05, 3.63) is 62.5 Å². The van der Waals surface area contributed by atoms with Crippen molar-refractivity contribution in [2.75, 3.05) is 0 Å². The summed E-state index contributed by atoms with van der Waals surface area (Å²) in [6.07, 6.45) is 0.206. The monoisotopic (exact) mass is 320 g/mol. The van der Waals surface area contributed by atoms with E-state index in [-0.39, 0.29) is 24.6 Å². The lowest BCUT2D eigenvalue weighted by atomic mass is 10.1. The van der Waals surface area contributed by atoms with Gasteiger partial charge in [-0.1, -0.05) is 23.7 Å². The molecule has 0 atom stereocenters. The third-order valence-corrected chi connectivity index (χ3v) is 3.76. The zero-order valence-corrected chi connectivity index (χ0v) is 13.1. The van der Waals surface area contributed by atoms with Crippen LogP contribution in [0.1, 0.15) is 17.0 Å². The number of benzene rings is 1. The normalized spacial score (nSPS) is 10.5. The van der Waals surface area contributed by atoms with E-state index in [2.05, 4.69) is 5.32 Å². The van der Waals surface area contributed by atoms with Gasteiger partial charge in [0, 0.05) is 23.8 Å². The van der Waals surface area contributed by atoms with Gasteiger partial charge in [0.15, 0.2) is 5.75 Å². The molecule has 1 aromatic carbocycles. The van der Waals surface area contributed by atoms with Crippen LogP contribution in [0.2, 0.25) is 5.02 Å². The average Bonchev–Trinajstić information content (AvgIpc) is 2.47. The van der Waals surface area contributed by atoms with Gasteiger partial charge in [-0.25, -0.2) is 0 Å². The predicted molar refractivity (Wildman–Crippen MR) is 85.1 cm³/mol. The van der Waals surface area contributed by atoms with Crippen LogP contribution in [-0.4, -0.2) is 15.6 Å². The Bertz CT molecular complexity index is 751. The van der Waals surface area contributed by atoms with E-state index < -0.39 is 5.43 Å². The van der Waals surface area contributed by atoms with Crippen LogP contribution in [-0.2, 0) is 24.8 Å². The van der Waals surface area contributed by atoms with Gasteiger partial charge < -0.3 is 15.0 Å². The van der Waals surface area contributed by atoms with Crippen molar-refractivity contribution in [1.29, 1.82) is 0 Å². The Morgan fingerprint density at radius 2 is 1.95 bits per heavy atom. The van der Waals surface area contributed by atoms with Crippen molar-refractivity contribution in [3.63, 3.8) is 0 Å². The highest BCUT2D eigenvalue weighted by atomic mass is 35.5. The maximum Gasteiger partial charge on any atom is 0.224 e. The molecule has 0 aliphatic rings. The van der Waals surface area contributed by atoms with Gasteiger partial charge >= 0.3 is 0 Å². The largest absolute Gasteiger partial charge is 0.503 e. The first-order valence-electron chi connectivity index (χ1n) is 6.78. The van der Waals surface area contributed by atoms with Crippen LogP contribution in [0.25, 0.3) is 0 Å². The minimum Gasteiger partial charge on any atom is -0.503 e. The molecule has 0 fully saturated rings. The fourth-order valence-electron chi connectivity index (χ4n) is 2.10. The van der Waals surface area contributed by atoms with Crippen molar-refractivity contribution in [2.24, 2.45) is 7.05 Å². The lowest BCUT2D eigenvalue weighted by molar-refractivity contribution is -0.120. The Hall–Kier alpha value is -2.27. The van der Waals surface area contributed by atoms with Gasteiger partial charge in [0.1, 0.15) is 0 Å². The highest BCUT2D eigenvalue weighted by molar-refractivity contribution is 6.30. The first kappa shape index (κ1) is 16.1. The van der Waals surface area contributed by atoms with Crippen LogP contribution >= 0.6 is 11.6 Å². The minimum atomic E-state index is -0.447. The molecule has 0 unspecified atom stereocenters. The second-order valence-electron chi connectivity index (χ2n) is 5.08. The number of halogens is 1. The molecule has 1 heterocycles. The summed E-state index contributed by atoms with van der Waals surface area (Å²) in [5.41, 5.74) is 1.49. The van der Waals surface area contributed by atoms with E-state index in [1.165, 1.54) is 6.07 Å². The first-order chi connectivity index (χ1) is 10.4. The maximum atomic E-state index is 12.0. The van der Waals surface area contributed by atoms with Gasteiger partial charge in [0.2, 0.25) is 11.3 Å². The molecule has 6 heteroatoms. The summed E-state index contributed by atoms with van der Waals surface area (Å²) in [7, 11) is 1.73. The molecule has 22 heavy (non-hydrogen) atoms. The number of carbonyl (C=O) groups is 1. The Kier molecular flexibility index (Phi) is 4.88. The molecule has 1 aromatic heterocycles. The fourth-order valence-corrected chi connectivity index (χ4v) is 2.23. The molecule has 2 aromatic rings. The molecule has 5 nitrogen and oxygen atoms in total. The summed E-state index contributed by atoms with van der Waals surface area (Å²) in [6, 6.07) is 8.36. The topological polar surface area (TPSA) is 71.3 Å². The predicted octanol–water partition coefficient (Wildman–Crippen LogP) is 1.91. The van der Waals surface area contributed by atoms with Gasteiger partial charge in [-0.2, -0.15) is 0 Å². The summed E-state index contributed by atoms with van der Waals surface area (Å²) in [6.45, 7) is 1.85. The van der Waals surface area contributed by atoms with Crippen LogP contribution in [0.4, 0.5) is 0 Å². The number of rotatable bonds is 4. The summed E-state index contributed by atoms with van der Waals surface area (Å²) in [5.74, 6) is -0.532. The van der Waals surface area contributed by atoms with Gasteiger partial charge in [-0.05, 0) is 24.6 Å². The van der Waals surface area contributed by atoms with Crippen molar-refractivity contribution in [1.82, 2.24) is 9.88 Å². The van der Waals surface area contributed by atoms with Crippen molar-refractivity contribution in [2.45, 2.75) is 19.9 Å². The number of hydrogen-bond acceptors (Lipinski definition) is 3. The van der Waals surface area contributed by atoms with Crippen LogP contribution in [0.15, 0.2) is 35.1 Å². The highest BCUT2D eigenvalue weighted by Gasteiger charge is 2.12. The fraction of sp³-hybridized carbons (Fsp3) is 0.250. The smallest absolute Gasteiger partial charge is 0.224 e. The molecule has 2 rings (SSSR count). The summed E-state index contributed by atoms with van der Waals surface area (Å²) < 4.78 is 1.68. The molecule has 0 aliphatic carbocycles. The zero-order valence-electron chi connectivity index (χ0n) is 12.4. The van der Waals surface area contributed by atoms with E-state index >= 15 is 0 Å². The van der Waals surface area contributed by atoms with E-state index in [1.54, 1.807) is 42.8 Å². The van der Waals surface area contributed by atoms with Gasteiger partial charge in [0.25, 0.3) is 0 Å². The first-order valence-corrected chi connectivity index (χ1v) is 7.16. The molecule has 0 saturated heterocycles. The number of nitrogens with zero attached hydrogens (tertiary/aromatic N) is 1. The molecule has 0 spiro atoms. The lowest BCUT2D eigenvalue weighted by Crippen LogP contribution is -2.27. The molecule has 116 valence electrons. The number of pyridine rings is 1. The van der Waals surface area contributed by atoms with E-state index in [0.29, 0.717) is 16.4 Å². The van der Waals surface area contributed by atoms with Crippen molar-refractivity contribution < 1.29 is 9.90 Å². The van der Waals surface area contributed by atoms with Crippen LogP contribution < -0.4 is 10.7 Å². The zero-order chi connectivity index (χ0) is 16.3. The number of amides is 1. The highest BCUT2D eigenvalue weighted by Crippen LogP contribution is 2.13. The number of nitrogens with one attached hydrogen (secondary N) is 1. The van der Waals surface area contributed by atoms with Crippen LogP contribution in [0.3, 0.4) is 0 Å². The number of carbonyl (C=O) groups excluding carboxylic acids is 1. The average molecular weight is 321 g/mol. The Labute approximate surface area is 133 Å². The molecule has 0 radical (unpaired) electrons. The van der Waals surface area contributed by atoms with E-state index in [9.17, 15) is 14.7 Å². The second kappa shape index (κ2) is 6.66. The molecule has 0 aliphatic heterocycles. The molecule has 0 saturated carbocycles. The van der Waals surface area contributed by atoms with Gasteiger partial charge in [-0.3, -0.25) is 9.59 Å². The summed E-state index contributed by atoms with van der Waals surface area (Å²) in [5, 5.41) is 13.2. The molecule has 2 N–H and O–H groups in total. The van der Waals surface area contributed by atoms with Crippen LogP contribution in [0.5, 0.6) is 5.75 Å². The van der Waals surface area contributed by atoms with Crippen LogP contribution in [0, 0.1) is 6.92 Å². The van der Waals surface area contributed by atoms with Gasteiger partial charge in [-0.15, -0.1) is 0 Å². The number of aromatic nitrogens is 1. The second-order valence-corrected chi connectivity index (χ2v) is 5.52. The number of hydrogen-bond donors (Lipinski definition) is 2. The number of aromatic hydroxyl groups is 1. The Morgan fingerprint density at radius 1 is 1.32 bits per heavy atom.